The van der Waals surface area contributed by atoms with Gasteiger partial charge in [-0.3, -0.25) is 0 Å². The molecule has 1 N–H and O–H groups in total. The molecule has 2 unspecified atom stereocenters. The van der Waals surface area contributed by atoms with Crippen molar-refractivity contribution in [1.82, 2.24) is 5.32 Å². The van der Waals surface area contributed by atoms with Crippen LogP contribution in [0.4, 0.5) is 0 Å². The molecule has 0 aliphatic carbocycles. The van der Waals surface area contributed by atoms with Crippen molar-refractivity contribution < 1.29 is 0 Å². The Morgan fingerprint density at radius 1 is 1.24 bits per heavy atom. The van der Waals surface area contributed by atoms with E-state index in [1.165, 1.54) is 30.4 Å². The summed E-state index contributed by atoms with van der Waals surface area (Å²) in [4.78, 5) is 0. The highest BCUT2D eigenvalue weighted by molar-refractivity contribution is 5.22. The zero-order chi connectivity index (χ0) is 12.7. The van der Waals surface area contributed by atoms with Crippen LogP contribution in [0.1, 0.15) is 44.7 Å². The maximum Gasteiger partial charge on any atom is 0.00932 e. The van der Waals surface area contributed by atoms with Crippen molar-refractivity contribution in [2.75, 3.05) is 6.54 Å². The van der Waals surface area contributed by atoms with Crippen LogP contribution >= 0.6 is 0 Å². The third-order valence-electron chi connectivity index (χ3n) is 3.42. The lowest BCUT2D eigenvalue weighted by Gasteiger charge is -2.24. The Hall–Kier alpha value is -0.820. The van der Waals surface area contributed by atoms with Crippen LogP contribution in [0, 0.1) is 12.8 Å². The van der Waals surface area contributed by atoms with E-state index in [4.69, 9.17) is 0 Å². The van der Waals surface area contributed by atoms with Gasteiger partial charge in [-0.1, -0.05) is 50.6 Å². The monoisotopic (exact) mass is 233 g/mol. The molecule has 0 radical (unpaired) electrons. The lowest BCUT2D eigenvalue weighted by molar-refractivity contribution is 0.364. The zero-order valence-electron chi connectivity index (χ0n) is 11.8. The van der Waals surface area contributed by atoms with Crippen molar-refractivity contribution in [3.63, 3.8) is 0 Å². The van der Waals surface area contributed by atoms with Gasteiger partial charge in [0.1, 0.15) is 0 Å². The van der Waals surface area contributed by atoms with Gasteiger partial charge in [-0.2, -0.15) is 0 Å². The van der Waals surface area contributed by atoms with Crippen LogP contribution in [0.3, 0.4) is 0 Å². The lowest BCUT2D eigenvalue weighted by atomic mass is 9.91. The van der Waals surface area contributed by atoms with Gasteiger partial charge < -0.3 is 5.32 Å². The summed E-state index contributed by atoms with van der Waals surface area (Å²) in [6, 6.07) is 9.54. The molecule has 17 heavy (non-hydrogen) atoms. The fraction of sp³-hybridized carbons (Fsp3) is 0.625. The second-order valence-electron chi connectivity index (χ2n) is 5.14. The topological polar surface area (TPSA) is 12.0 Å². The number of hydrogen-bond donors (Lipinski definition) is 1. The molecular weight excluding hydrogens is 206 g/mol. The molecule has 2 atom stereocenters. The van der Waals surface area contributed by atoms with Gasteiger partial charge in [0.2, 0.25) is 0 Å². The number of benzene rings is 1. The van der Waals surface area contributed by atoms with Crippen molar-refractivity contribution >= 4 is 0 Å². The predicted octanol–water partition coefficient (Wildman–Crippen LogP) is 3.95. The van der Waals surface area contributed by atoms with Gasteiger partial charge >= 0.3 is 0 Å². The molecule has 0 amide bonds. The van der Waals surface area contributed by atoms with Gasteiger partial charge in [0, 0.05) is 6.04 Å². The molecule has 0 aromatic heterocycles. The Morgan fingerprint density at radius 3 is 2.59 bits per heavy atom. The van der Waals surface area contributed by atoms with Crippen LogP contribution in [-0.4, -0.2) is 12.6 Å². The summed E-state index contributed by atoms with van der Waals surface area (Å²) < 4.78 is 0. The molecule has 1 aromatic carbocycles. The predicted molar refractivity (Wildman–Crippen MR) is 76.4 cm³/mol. The molecule has 0 heterocycles. The molecule has 1 heteroatoms. The van der Waals surface area contributed by atoms with E-state index < -0.39 is 0 Å². The minimum atomic E-state index is 0.649. The average Bonchev–Trinajstić information content (AvgIpc) is 2.30. The second-order valence-corrected chi connectivity index (χ2v) is 5.14. The Labute approximate surface area is 107 Å². The summed E-state index contributed by atoms with van der Waals surface area (Å²) in [6.45, 7) is 10.2. The average molecular weight is 233 g/mol. The summed E-state index contributed by atoms with van der Waals surface area (Å²) in [5.41, 5.74) is 2.83. The Kier molecular flexibility index (Phi) is 6.28. The van der Waals surface area contributed by atoms with Gasteiger partial charge in [-0.05, 0) is 44.2 Å². The van der Waals surface area contributed by atoms with E-state index in [1.54, 1.807) is 0 Å². The number of nitrogens with one attached hydrogen (secondary N) is 1. The highest BCUT2D eigenvalue weighted by atomic mass is 14.9. The van der Waals surface area contributed by atoms with Crippen molar-refractivity contribution in [2.45, 2.75) is 53.0 Å². The van der Waals surface area contributed by atoms with Crippen molar-refractivity contribution in [3.8, 4) is 0 Å². The van der Waals surface area contributed by atoms with Crippen LogP contribution < -0.4 is 5.32 Å². The van der Waals surface area contributed by atoms with Crippen LogP contribution in [0.5, 0.6) is 0 Å². The van der Waals surface area contributed by atoms with E-state index in [1.807, 2.05) is 0 Å². The minimum Gasteiger partial charge on any atom is -0.314 e. The second kappa shape index (κ2) is 7.50. The molecule has 1 aromatic rings. The minimum absolute atomic E-state index is 0.649. The first-order valence-corrected chi connectivity index (χ1v) is 6.96. The van der Waals surface area contributed by atoms with Crippen LogP contribution in [0.15, 0.2) is 24.3 Å². The largest absolute Gasteiger partial charge is 0.314 e. The molecule has 96 valence electrons. The van der Waals surface area contributed by atoms with E-state index in [-0.39, 0.29) is 0 Å². The summed E-state index contributed by atoms with van der Waals surface area (Å²) in [6.07, 6.45) is 3.61. The van der Waals surface area contributed by atoms with Gasteiger partial charge in [-0.25, -0.2) is 0 Å². The van der Waals surface area contributed by atoms with Gasteiger partial charge in [0.25, 0.3) is 0 Å². The summed E-state index contributed by atoms with van der Waals surface area (Å²) >= 11 is 0. The quantitative estimate of drug-likeness (QED) is 0.752. The van der Waals surface area contributed by atoms with Crippen LogP contribution in [-0.2, 0) is 6.42 Å². The Balaban J connectivity index is 2.54. The highest BCUT2D eigenvalue weighted by Gasteiger charge is 2.14. The summed E-state index contributed by atoms with van der Waals surface area (Å²) in [7, 11) is 0. The maximum atomic E-state index is 3.65. The first-order chi connectivity index (χ1) is 8.17. The molecule has 0 spiro atoms. The van der Waals surface area contributed by atoms with E-state index in [0.717, 1.165) is 6.54 Å². The highest BCUT2D eigenvalue weighted by Crippen LogP contribution is 2.15. The number of rotatable bonds is 7. The third kappa shape index (κ3) is 4.91. The van der Waals surface area contributed by atoms with Gasteiger partial charge in [0.15, 0.2) is 0 Å². The molecule has 1 nitrogen and oxygen atoms in total. The number of aryl methyl sites for hydroxylation is 1. The SMILES string of the molecule is CCCNC(CC)C(C)Cc1cccc(C)c1. The standard InChI is InChI=1S/C16H27N/c1-5-10-17-16(6-2)14(4)12-15-9-7-8-13(3)11-15/h7-9,11,14,16-17H,5-6,10,12H2,1-4H3. The van der Waals surface area contributed by atoms with E-state index in [0.29, 0.717) is 12.0 Å². The Morgan fingerprint density at radius 2 is 2.00 bits per heavy atom. The molecule has 0 saturated carbocycles. The van der Waals surface area contributed by atoms with Crippen molar-refractivity contribution in [3.05, 3.63) is 35.4 Å². The van der Waals surface area contributed by atoms with Gasteiger partial charge in [0.05, 0.1) is 0 Å². The molecular formula is C16H27N. The fourth-order valence-corrected chi connectivity index (χ4v) is 2.43. The molecule has 0 bridgehead atoms. The lowest BCUT2D eigenvalue weighted by Crippen LogP contribution is -2.35. The first-order valence-electron chi connectivity index (χ1n) is 6.96. The molecule has 0 saturated heterocycles. The summed E-state index contributed by atoms with van der Waals surface area (Å²) in [5, 5.41) is 3.65. The van der Waals surface area contributed by atoms with E-state index in [9.17, 15) is 0 Å². The van der Waals surface area contributed by atoms with Crippen LogP contribution in [0.25, 0.3) is 0 Å². The van der Waals surface area contributed by atoms with E-state index in [2.05, 4.69) is 57.3 Å². The maximum absolute atomic E-state index is 3.65. The molecule has 0 fully saturated rings. The summed E-state index contributed by atoms with van der Waals surface area (Å²) in [5.74, 6) is 0.702. The zero-order valence-corrected chi connectivity index (χ0v) is 11.8. The number of hydrogen-bond acceptors (Lipinski definition) is 1. The van der Waals surface area contributed by atoms with E-state index >= 15 is 0 Å². The normalized spacial score (nSPS) is 14.6. The molecule has 0 aliphatic heterocycles. The van der Waals surface area contributed by atoms with Crippen molar-refractivity contribution in [2.24, 2.45) is 5.92 Å². The smallest absolute Gasteiger partial charge is 0.00932 e. The van der Waals surface area contributed by atoms with Crippen molar-refractivity contribution in [1.29, 1.82) is 0 Å². The third-order valence-corrected chi connectivity index (χ3v) is 3.42. The van der Waals surface area contributed by atoms with Crippen LogP contribution in [0.2, 0.25) is 0 Å². The van der Waals surface area contributed by atoms with Gasteiger partial charge in [-0.15, -0.1) is 0 Å². The fourth-order valence-electron chi connectivity index (χ4n) is 2.43. The molecule has 1 rings (SSSR count). The Bertz CT molecular complexity index is 319. The first kappa shape index (κ1) is 14.2. The molecule has 0 aliphatic rings.